The van der Waals surface area contributed by atoms with Crippen molar-refractivity contribution < 1.29 is 9.18 Å². The van der Waals surface area contributed by atoms with Crippen LogP contribution in [-0.2, 0) is 10.5 Å². The molecule has 0 spiro atoms. The topological polar surface area (TPSA) is 74.8 Å². The Hall–Kier alpha value is -2.71. The highest BCUT2D eigenvalue weighted by molar-refractivity contribution is 9.10. The molecule has 0 amide bonds. The normalized spacial score (nSPS) is 18.8. The summed E-state index contributed by atoms with van der Waals surface area (Å²) in [6.07, 6.45) is 1.13. The monoisotopic (exact) mass is 539 g/mol. The lowest BCUT2D eigenvalue weighted by Crippen LogP contribution is -2.37. The van der Waals surface area contributed by atoms with Crippen LogP contribution in [0.25, 0.3) is 0 Å². The van der Waals surface area contributed by atoms with Gasteiger partial charge in [0.25, 0.3) is 5.56 Å². The molecule has 2 aliphatic rings. The van der Waals surface area contributed by atoms with E-state index >= 15 is 0 Å². The van der Waals surface area contributed by atoms with Crippen LogP contribution in [0.3, 0.4) is 0 Å². The molecule has 2 heterocycles. The number of hydrogen-bond acceptors (Lipinski definition) is 5. The molecule has 0 saturated heterocycles. The molecule has 0 bridgehead atoms. The van der Waals surface area contributed by atoms with Gasteiger partial charge in [0.15, 0.2) is 10.9 Å². The number of thioether (sulfide) groups is 1. The molecule has 5 rings (SSSR count). The molecular weight excluding hydrogens is 517 g/mol. The van der Waals surface area contributed by atoms with Crippen molar-refractivity contribution in [2.45, 2.75) is 43.5 Å². The highest BCUT2D eigenvalue weighted by atomic mass is 79.9. The fraction of sp³-hybridized carbons (Fsp3) is 0.269. The first-order chi connectivity index (χ1) is 16.2. The number of aromatic nitrogens is 2. The Morgan fingerprint density at radius 2 is 1.91 bits per heavy atom. The second-order valence-corrected chi connectivity index (χ2v) is 11.4. The van der Waals surface area contributed by atoms with Crippen LogP contribution in [0.4, 0.5) is 10.2 Å². The van der Waals surface area contributed by atoms with Crippen molar-refractivity contribution in [3.63, 3.8) is 0 Å². The lowest BCUT2D eigenvalue weighted by Gasteiger charge is -2.38. The second kappa shape index (κ2) is 8.82. The zero-order valence-electron chi connectivity index (χ0n) is 18.7. The van der Waals surface area contributed by atoms with E-state index in [9.17, 15) is 14.0 Å². The highest BCUT2D eigenvalue weighted by Crippen LogP contribution is 2.47. The Labute approximate surface area is 209 Å². The van der Waals surface area contributed by atoms with Gasteiger partial charge in [-0.3, -0.25) is 9.59 Å². The van der Waals surface area contributed by atoms with Gasteiger partial charge in [-0.15, -0.1) is 0 Å². The average Bonchev–Trinajstić information content (AvgIpc) is 2.76. The van der Waals surface area contributed by atoms with Crippen LogP contribution in [-0.4, -0.2) is 15.8 Å². The number of ketones is 1. The molecule has 1 atom stereocenters. The maximum absolute atomic E-state index is 13.5. The van der Waals surface area contributed by atoms with Crippen LogP contribution in [0.5, 0.6) is 0 Å². The Morgan fingerprint density at radius 3 is 2.65 bits per heavy atom. The first-order valence-electron chi connectivity index (χ1n) is 11.0. The SMILES string of the molecule is CC1(C)CC(=O)C2=C(C1)Nc1nc(SCc3cccc(F)c3)[nH]c(=O)c1[C@H]2c1ccc(Br)cc1. The summed E-state index contributed by atoms with van der Waals surface area (Å²) in [6, 6.07) is 14.1. The molecule has 0 radical (unpaired) electrons. The van der Waals surface area contributed by atoms with Crippen molar-refractivity contribution in [2.75, 3.05) is 5.32 Å². The van der Waals surface area contributed by atoms with E-state index in [1.165, 1.54) is 23.9 Å². The number of allylic oxidation sites excluding steroid dienone is 2. The Kier molecular flexibility index (Phi) is 5.98. The van der Waals surface area contributed by atoms with Crippen molar-refractivity contribution in [3.05, 3.63) is 97.1 Å². The third-order valence-corrected chi connectivity index (χ3v) is 7.64. The number of Topliss-reactive ketones (excluding diaryl/α,β-unsaturated/α-hetero) is 1. The van der Waals surface area contributed by atoms with E-state index in [0.29, 0.717) is 40.7 Å². The van der Waals surface area contributed by atoms with Gasteiger partial charge in [0.2, 0.25) is 0 Å². The smallest absolute Gasteiger partial charge is 0.257 e. The summed E-state index contributed by atoms with van der Waals surface area (Å²) in [6.45, 7) is 4.15. The lowest BCUT2D eigenvalue weighted by molar-refractivity contribution is -0.118. The van der Waals surface area contributed by atoms with Gasteiger partial charge in [0.1, 0.15) is 11.6 Å². The fourth-order valence-corrected chi connectivity index (χ4v) is 5.80. The number of anilines is 1. The van der Waals surface area contributed by atoms with Crippen LogP contribution in [0.1, 0.15) is 49.3 Å². The number of H-pyrrole nitrogens is 1. The molecule has 174 valence electrons. The number of carbonyl (C=O) groups excluding carboxylic acids is 1. The molecule has 0 unspecified atom stereocenters. The van der Waals surface area contributed by atoms with Gasteiger partial charge in [-0.1, -0.05) is 65.8 Å². The molecule has 1 aliphatic heterocycles. The van der Waals surface area contributed by atoms with Crippen molar-refractivity contribution in [3.8, 4) is 0 Å². The molecule has 0 saturated carbocycles. The van der Waals surface area contributed by atoms with Crippen LogP contribution < -0.4 is 10.9 Å². The standard InChI is InChI=1S/C26H23BrFN3O2S/c1-26(2)11-18-21(19(32)12-26)20(15-6-8-16(27)9-7-15)22-23(29-18)30-25(31-24(22)33)34-13-14-4-3-5-17(28)10-14/h3-10,20H,11-13H2,1-2H3,(H2,29,30,31,33)/t20-/m0/s1. The summed E-state index contributed by atoms with van der Waals surface area (Å²) < 4.78 is 14.5. The molecule has 1 aromatic heterocycles. The van der Waals surface area contributed by atoms with E-state index in [2.05, 4.69) is 40.1 Å². The molecule has 34 heavy (non-hydrogen) atoms. The van der Waals surface area contributed by atoms with E-state index in [1.807, 2.05) is 30.3 Å². The molecule has 2 N–H and O–H groups in total. The van der Waals surface area contributed by atoms with Crippen LogP contribution in [0, 0.1) is 11.2 Å². The van der Waals surface area contributed by atoms with Gasteiger partial charge in [-0.25, -0.2) is 9.37 Å². The second-order valence-electron chi connectivity index (χ2n) is 9.49. The number of hydrogen-bond donors (Lipinski definition) is 2. The quantitative estimate of drug-likeness (QED) is 0.306. The molecule has 2 aromatic carbocycles. The first-order valence-corrected chi connectivity index (χ1v) is 12.8. The summed E-state index contributed by atoms with van der Waals surface area (Å²) in [5.74, 6) is 0.216. The first kappa shape index (κ1) is 23.1. The summed E-state index contributed by atoms with van der Waals surface area (Å²) in [5, 5.41) is 3.77. The van der Waals surface area contributed by atoms with Crippen molar-refractivity contribution in [1.29, 1.82) is 0 Å². The number of rotatable bonds is 4. The van der Waals surface area contributed by atoms with Gasteiger partial charge in [-0.05, 0) is 47.2 Å². The predicted molar refractivity (Wildman–Crippen MR) is 135 cm³/mol. The van der Waals surface area contributed by atoms with Gasteiger partial charge >= 0.3 is 0 Å². The fourth-order valence-electron chi connectivity index (χ4n) is 4.73. The largest absolute Gasteiger partial charge is 0.343 e. The van der Waals surface area contributed by atoms with E-state index < -0.39 is 5.92 Å². The average molecular weight is 540 g/mol. The number of nitrogens with zero attached hydrogens (tertiary/aromatic N) is 1. The van der Waals surface area contributed by atoms with E-state index in [1.54, 1.807) is 6.07 Å². The molecule has 0 fully saturated rings. The summed E-state index contributed by atoms with van der Waals surface area (Å²) in [4.78, 5) is 34.2. The van der Waals surface area contributed by atoms with Gasteiger partial charge in [-0.2, -0.15) is 0 Å². The number of benzene rings is 2. The number of halogens is 2. The Morgan fingerprint density at radius 1 is 1.15 bits per heavy atom. The van der Waals surface area contributed by atoms with Gasteiger partial charge in [0.05, 0.1) is 5.56 Å². The van der Waals surface area contributed by atoms with Gasteiger partial charge < -0.3 is 10.3 Å². The summed E-state index contributed by atoms with van der Waals surface area (Å²) in [5.41, 5.74) is 3.15. The maximum atomic E-state index is 13.5. The molecule has 1 aliphatic carbocycles. The van der Waals surface area contributed by atoms with E-state index in [-0.39, 0.29) is 22.6 Å². The van der Waals surface area contributed by atoms with Crippen LogP contribution in [0.2, 0.25) is 0 Å². The highest BCUT2D eigenvalue weighted by Gasteiger charge is 2.42. The zero-order valence-corrected chi connectivity index (χ0v) is 21.1. The molecule has 5 nitrogen and oxygen atoms in total. The Balaban J connectivity index is 1.58. The molecular formula is C26H23BrFN3O2S. The number of nitrogens with one attached hydrogen (secondary N) is 2. The third-order valence-electron chi connectivity index (χ3n) is 6.17. The van der Waals surface area contributed by atoms with E-state index in [4.69, 9.17) is 4.98 Å². The summed E-state index contributed by atoms with van der Waals surface area (Å²) >= 11 is 4.80. The minimum Gasteiger partial charge on any atom is -0.343 e. The van der Waals surface area contributed by atoms with Gasteiger partial charge in [0, 0.05) is 33.8 Å². The third kappa shape index (κ3) is 4.49. The zero-order chi connectivity index (χ0) is 24.0. The van der Waals surface area contributed by atoms with Crippen LogP contribution >= 0.6 is 27.7 Å². The van der Waals surface area contributed by atoms with Crippen LogP contribution in [0.15, 0.2) is 74.2 Å². The number of fused-ring (bicyclic) bond motifs is 1. The van der Waals surface area contributed by atoms with Crippen molar-refractivity contribution in [1.82, 2.24) is 9.97 Å². The Bertz CT molecular complexity index is 1380. The minimum atomic E-state index is -0.485. The number of carbonyl (C=O) groups is 1. The van der Waals surface area contributed by atoms with E-state index in [0.717, 1.165) is 21.3 Å². The molecule has 3 aromatic rings. The number of aromatic amines is 1. The maximum Gasteiger partial charge on any atom is 0.257 e. The lowest BCUT2D eigenvalue weighted by atomic mass is 9.69. The minimum absolute atomic E-state index is 0.0567. The van der Waals surface area contributed by atoms with Crippen molar-refractivity contribution >= 4 is 39.3 Å². The van der Waals surface area contributed by atoms with Crippen molar-refractivity contribution in [2.24, 2.45) is 5.41 Å². The summed E-state index contributed by atoms with van der Waals surface area (Å²) in [7, 11) is 0. The predicted octanol–water partition coefficient (Wildman–Crippen LogP) is 6.16. The molecule has 8 heteroatoms.